The van der Waals surface area contributed by atoms with E-state index in [0.29, 0.717) is 22.3 Å². The number of imidazole rings is 2. The molecule has 0 aliphatic carbocycles. The van der Waals surface area contributed by atoms with Crippen LogP contribution in [-0.2, 0) is 28.5 Å². The van der Waals surface area contributed by atoms with Crippen molar-refractivity contribution < 1.29 is 38.7 Å². The van der Waals surface area contributed by atoms with Gasteiger partial charge in [0.2, 0.25) is 24.6 Å². The number of rotatable bonds is 6. The van der Waals surface area contributed by atoms with Crippen molar-refractivity contribution in [3.05, 3.63) is 35.5 Å². The molecular weight excluding hydrogens is 660 g/mol. The third-order valence-corrected chi connectivity index (χ3v) is 7.49. The molecule has 2 fully saturated rings. The molecule has 0 radical (unpaired) electrons. The molecule has 0 aromatic carbocycles. The molecule has 0 unspecified atom stereocenters. The van der Waals surface area contributed by atoms with Gasteiger partial charge < -0.3 is 42.6 Å². The zero-order valence-electron chi connectivity index (χ0n) is 25.4. The maximum Gasteiger partial charge on any atom is 0.409 e. The van der Waals surface area contributed by atoms with Crippen molar-refractivity contribution in [3.8, 4) is 0 Å². The Balaban J connectivity index is 0.000000267. The lowest BCUT2D eigenvalue weighted by Gasteiger charge is -2.21. The summed E-state index contributed by atoms with van der Waals surface area (Å²) in [4.78, 5) is 53.4. The zero-order valence-corrected chi connectivity index (χ0v) is 25.4. The molecule has 0 bridgehead atoms. The predicted octanol–water partition coefficient (Wildman–Crippen LogP) is 0.171. The van der Waals surface area contributed by atoms with Crippen molar-refractivity contribution in [1.29, 1.82) is 0 Å². The van der Waals surface area contributed by atoms with E-state index in [0.717, 1.165) is 0 Å². The number of hydrogen-bond donors (Lipinski definition) is 6. The maximum absolute atomic E-state index is 11.5. The minimum Gasteiger partial charge on any atom is -0.454 e. The fourth-order valence-electron chi connectivity index (χ4n) is 5.22. The summed E-state index contributed by atoms with van der Waals surface area (Å²) in [5.74, 6) is -1.01. The summed E-state index contributed by atoms with van der Waals surface area (Å²) in [6.07, 6.45) is -0.528. The number of hydrogen-bond acceptors (Lipinski definition) is 18. The number of nitrogens with two attached hydrogens (primary N) is 4. The number of aliphatic hydroxyl groups is 2. The number of carbonyl (C=O) groups is 2. The Hall–Kier alpha value is -5.94. The van der Waals surface area contributed by atoms with E-state index in [1.165, 1.54) is 35.6 Å². The van der Waals surface area contributed by atoms with Crippen LogP contribution in [0, 0.1) is 13.1 Å². The molecule has 0 amide bonds. The standard InChI is InChI=1S/C15H17N7O5.C11H13N7O3.2CH4/c1-7(23)25-5-15(18-3)9(26-8(2)24)4-10(27-15)22-6-19-11-12(16)20-14(17)21-13(11)22;1-14-11(3-19)5(20)2-6(21-11)18-4-15-7-8(12)16-10(13)17-9(7)18;;/h6,9-10H,4-5H2,1-2H3,(H4,16,17,20,21);4-6,19-20H,2-3H2,(H4,12,13,16,17);2*1H4/t9-,10-,15-;5-,6-,11-;;/m11../s1. The van der Waals surface area contributed by atoms with E-state index in [-0.39, 0.29) is 51.2 Å². The lowest BCUT2D eigenvalue weighted by atomic mass is 10.1. The van der Waals surface area contributed by atoms with E-state index in [1.807, 2.05) is 0 Å². The second kappa shape index (κ2) is 14.7. The van der Waals surface area contributed by atoms with Crippen LogP contribution < -0.4 is 22.9 Å². The first kappa shape index (κ1) is 38.5. The second-order valence-corrected chi connectivity index (χ2v) is 10.7. The quantitative estimate of drug-likeness (QED) is 0.115. The van der Waals surface area contributed by atoms with Gasteiger partial charge in [0, 0.05) is 26.7 Å². The number of carbonyl (C=O) groups excluding carboxylic acids is 2. The summed E-state index contributed by atoms with van der Waals surface area (Å²) >= 11 is 0. The van der Waals surface area contributed by atoms with Crippen molar-refractivity contribution >= 4 is 57.8 Å². The lowest BCUT2D eigenvalue weighted by molar-refractivity contribution is -0.166. The largest absolute Gasteiger partial charge is 0.454 e. The molecule has 2 aliphatic heterocycles. The number of aromatic nitrogens is 8. The summed E-state index contributed by atoms with van der Waals surface area (Å²) in [6, 6.07) is 0. The Labute approximate surface area is 285 Å². The molecule has 6 rings (SSSR count). The fraction of sp³-hybridized carbons (Fsp3) is 0.500. The van der Waals surface area contributed by atoms with Crippen LogP contribution in [-0.4, -0.2) is 98.1 Å². The van der Waals surface area contributed by atoms with Crippen LogP contribution in [0.15, 0.2) is 12.7 Å². The summed E-state index contributed by atoms with van der Waals surface area (Å²) in [5.41, 5.74) is 20.7. The maximum atomic E-state index is 11.5. The molecule has 50 heavy (non-hydrogen) atoms. The monoisotopic (exact) mass is 698 g/mol. The van der Waals surface area contributed by atoms with Crippen LogP contribution in [0.2, 0.25) is 0 Å². The van der Waals surface area contributed by atoms with E-state index in [2.05, 4.69) is 39.6 Å². The van der Waals surface area contributed by atoms with Crippen molar-refractivity contribution in [1.82, 2.24) is 39.0 Å². The van der Waals surface area contributed by atoms with Gasteiger partial charge in [0.05, 0.1) is 12.7 Å². The number of nitrogens with zero attached hydrogens (tertiary/aromatic N) is 10. The minimum atomic E-state index is -1.69. The number of fused-ring (bicyclic) bond motifs is 2. The molecule has 2 saturated heterocycles. The predicted molar refractivity (Wildman–Crippen MR) is 175 cm³/mol. The number of ether oxygens (including phenoxy) is 4. The second-order valence-electron chi connectivity index (χ2n) is 10.7. The fourth-order valence-corrected chi connectivity index (χ4v) is 5.22. The molecule has 6 heterocycles. The lowest BCUT2D eigenvalue weighted by Crippen LogP contribution is -2.43. The summed E-state index contributed by atoms with van der Waals surface area (Å²) in [5, 5.41) is 19.3. The number of esters is 2. The molecule has 0 saturated carbocycles. The average molecular weight is 699 g/mol. The van der Waals surface area contributed by atoms with Gasteiger partial charge in [-0.1, -0.05) is 14.9 Å². The van der Waals surface area contributed by atoms with Crippen LogP contribution in [0.1, 0.15) is 54.0 Å². The first-order valence-corrected chi connectivity index (χ1v) is 14.0. The molecule has 0 spiro atoms. The van der Waals surface area contributed by atoms with Crippen LogP contribution in [0.5, 0.6) is 0 Å². The highest BCUT2D eigenvalue weighted by atomic mass is 16.6. The zero-order chi connectivity index (χ0) is 35.0. The smallest absolute Gasteiger partial charge is 0.409 e. The topological polar surface area (TPSA) is 312 Å². The molecule has 268 valence electrons. The van der Waals surface area contributed by atoms with Crippen molar-refractivity contribution in [2.75, 3.05) is 36.1 Å². The SMILES string of the molecule is C.C.[C-]#[N+][C@]1(CO)O[C@@H](n2cnc3c(N)nc(N)nc32)C[C@H]1O.[C-]#[N+][C@]1(COC(C)=O)O[C@@H](n2cnc3c(N)nc(N)nc32)C[C@H]1OC(C)=O. The van der Waals surface area contributed by atoms with Crippen LogP contribution in [0.4, 0.5) is 23.5 Å². The molecular formula is C28H38N14O8. The minimum absolute atomic E-state index is 0. The highest BCUT2D eigenvalue weighted by molar-refractivity contribution is 5.83. The highest BCUT2D eigenvalue weighted by Crippen LogP contribution is 2.42. The number of aliphatic hydroxyl groups excluding tert-OH is 2. The average Bonchev–Trinajstić information content (AvgIpc) is 3.80. The van der Waals surface area contributed by atoms with E-state index >= 15 is 0 Å². The van der Waals surface area contributed by atoms with E-state index in [4.69, 9.17) is 55.0 Å². The normalized spacial score (nSPS) is 25.3. The van der Waals surface area contributed by atoms with Crippen molar-refractivity contribution in [3.63, 3.8) is 0 Å². The summed E-state index contributed by atoms with van der Waals surface area (Å²) in [6.45, 7) is 16.1. The van der Waals surface area contributed by atoms with E-state index in [9.17, 15) is 19.8 Å². The van der Waals surface area contributed by atoms with Gasteiger partial charge in [-0.2, -0.15) is 19.9 Å². The first-order valence-electron chi connectivity index (χ1n) is 14.0. The summed E-state index contributed by atoms with van der Waals surface area (Å²) in [7, 11) is 0. The van der Waals surface area contributed by atoms with Gasteiger partial charge in [0.15, 0.2) is 35.6 Å². The van der Waals surface area contributed by atoms with Gasteiger partial charge in [0.1, 0.15) is 23.5 Å². The van der Waals surface area contributed by atoms with Gasteiger partial charge in [-0.3, -0.25) is 37.9 Å². The van der Waals surface area contributed by atoms with E-state index in [1.54, 1.807) is 0 Å². The Bertz CT molecular complexity index is 1970. The van der Waals surface area contributed by atoms with Gasteiger partial charge >= 0.3 is 23.4 Å². The molecule has 22 nitrogen and oxygen atoms in total. The molecule has 4 aromatic rings. The number of anilines is 4. The first-order chi connectivity index (χ1) is 22.8. The Morgan fingerprint density at radius 2 is 1.36 bits per heavy atom. The van der Waals surface area contributed by atoms with Crippen molar-refractivity contribution in [2.45, 2.75) is 77.7 Å². The Kier molecular flexibility index (Phi) is 11.3. The molecule has 4 aromatic heterocycles. The summed E-state index contributed by atoms with van der Waals surface area (Å²) < 4.78 is 24.6. The molecule has 2 aliphatic rings. The Morgan fingerprint density at radius 3 is 1.78 bits per heavy atom. The Morgan fingerprint density at radius 1 is 0.880 bits per heavy atom. The van der Waals surface area contributed by atoms with Gasteiger partial charge in [-0.15, -0.1) is 0 Å². The number of nitrogen functional groups attached to an aromatic ring is 4. The van der Waals surface area contributed by atoms with Gasteiger partial charge in [-0.25, -0.2) is 23.1 Å². The molecule has 6 atom stereocenters. The third-order valence-electron chi connectivity index (χ3n) is 7.49. The molecule has 22 heteroatoms. The van der Waals surface area contributed by atoms with E-state index < -0.39 is 61.3 Å². The van der Waals surface area contributed by atoms with Gasteiger partial charge in [0.25, 0.3) is 0 Å². The van der Waals surface area contributed by atoms with Crippen LogP contribution >= 0.6 is 0 Å². The van der Waals surface area contributed by atoms with Crippen LogP contribution in [0.3, 0.4) is 0 Å². The molecule has 10 N–H and O–H groups in total. The highest BCUT2D eigenvalue weighted by Gasteiger charge is 2.60. The van der Waals surface area contributed by atoms with Crippen molar-refractivity contribution in [2.24, 2.45) is 0 Å². The third kappa shape index (κ3) is 6.94. The van der Waals surface area contributed by atoms with Gasteiger partial charge in [-0.05, 0) is 0 Å². The van der Waals surface area contributed by atoms with Crippen LogP contribution in [0.25, 0.3) is 32.0 Å².